The van der Waals surface area contributed by atoms with Crippen LogP contribution in [0, 0.1) is 5.82 Å². The topological polar surface area (TPSA) is 114 Å². The van der Waals surface area contributed by atoms with Gasteiger partial charge in [0.2, 0.25) is 12.6 Å². The maximum absolute atomic E-state index is 13.4. The van der Waals surface area contributed by atoms with Gasteiger partial charge < -0.3 is 19.7 Å². The lowest BCUT2D eigenvalue weighted by atomic mass is 10.2. The number of nitrogens with two attached hydrogens (primary N) is 1. The molecule has 4 aromatic rings. The summed E-state index contributed by atoms with van der Waals surface area (Å²) in [6.45, 7) is 0.177. The van der Waals surface area contributed by atoms with Gasteiger partial charge in [-0.1, -0.05) is 16.4 Å². The fourth-order valence-corrected chi connectivity index (χ4v) is 2.71. The zero-order valence-corrected chi connectivity index (χ0v) is 13.7. The maximum Gasteiger partial charge on any atom is 0.282 e. The molecule has 1 aliphatic rings. The lowest BCUT2D eigenvalue weighted by molar-refractivity contribution is 0.174. The van der Waals surface area contributed by atoms with Gasteiger partial charge in [-0.25, -0.2) is 4.39 Å². The Morgan fingerprint density at radius 2 is 1.96 bits per heavy atom. The third-order valence-corrected chi connectivity index (χ3v) is 4.02. The van der Waals surface area contributed by atoms with Crippen LogP contribution in [0.1, 0.15) is 0 Å². The highest BCUT2D eigenvalue weighted by molar-refractivity contribution is 5.67. The Morgan fingerprint density at radius 3 is 2.85 bits per heavy atom. The number of nitrogen functional groups attached to an aromatic ring is 1. The average Bonchev–Trinajstić information content (AvgIpc) is 3.40. The second kappa shape index (κ2) is 5.80. The Labute approximate surface area is 151 Å². The van der Waals surface area contributed by atoms with Gasteiger partial charge in [0.1, 0.15) is 5.82 Å². The number of ether oxygens (including phenoxy) is 2. The van der Waals surface area contributed by atoms with Crippen LogP contribution in [0.3, 0.4) is 0 Å². The van der Waals surface area contributed by atoms with E-state index in [1.807, 2.05) is 0 Å². The van der Waals surface area contributed by atoms with Gasteiger partial charge in [-0.3, -0.25) is 0 Å². The molecule has 0 unspecified atom stereocenters. The molecule has 0 bridgehead atoms. The Bertz CT molecular complexity index is 1160. The standard InChI is InChI=1S/C17H11FN6O3/c18-10-2-1-3-11(7-10)24-15(19)14(21-23-24)17-20-16(22-27-17)9-4-5-12-13(6-9)26-8-25-12/h1-7H,8,19H2. The van der Waals surface area contributed by atoms with E-state index in [1.165, 1.54) is 16.8 Å². The van der Waals surface area contributed by atoms with Gasteiger partial charge in [0.25, 0.3) is 5.89 Å². The molecule has 2 aromatic heterocycles. The first-order chi connectivity index (χ1) is 13.2. The van der Waals surface area contributed by atoms with E-state index in [0.29, 0.717) is 28.6 Å². The summed E-state index contributed by atoms with van der Waals surface area (Å²) in [6, 6.07) is 11.1. The number of aromatic nitrogens is 5. The van der Waals surface area contributed by atoms with E-state index < -0.39 is 5.82 Å². The SMILES string of the molecule is Nc1c(-c2nc(-c3ccc4c(c3)OCO4)no2)nnn1-c1cccc(F)c1. The summed E-state index contributed by atoms with van der Waals surface area (Å²) in [7, 11) is 0. The van der Waals surface area contributed by atoms with Crippen molar-refractivity contribution in [3.63, 3.8) is 0 Å². The van der Waals surface area contributed by atoms with E-state index in [-0.39, 0.29) is 24.2 Å². The van der Waals surface area contributed by atoms with Crippen molar-refractivity contribution >= 4 is 5.82 Å². The second-order valence-electron chi connectivity index (χ2n) is 5.71. The number of nitrogens with zero attached hydrogens (tertiary/aromatic N) is 5. The van der Waals surface area contributed by atoms with Crippen molar-refractivity contribution in [2.75, 3.05) is 12.5 Å². The van der Waals surface area contributed by atoms with Gasteiger partial charge >= 0.3 is 0 Å². The fraction of sp³-hybridized carbons (Fsp3) is 0.0588. The monoisotopic (exact) mass is 366 g/mol. The van der Waals surface area contributed by atoms with Crippen LogP contribution in [-0.4, -0.2) is 31.9 Å². The smallest absolute Gasteiger partial charge is 0.282 e. The molecule has 0 amide bonds. The maximum atomic E-state index is 13.4. The molecule has 0 radical (unpaired) electrons. The molecule has 3 heterocycles. The van der Waals surface area contributed by atoms with Crippen molar-refractivity contribution in [2.24, 2.45) is 0 Å². The Balaban J connectivity index is 1.50. The van der Waals surface area contributed by atoms with Crippen molar-refractivity contribution < 1.29 is 18.4 Å². The predicted octanol–water partition coefficient (Wildman–Crippen LogP) is 2.43. The summed E-state index contributed by atoms with van der Waals surface area (Å²) >= 11 is 0. The van der Waals surface area contributed by atoms with Gasteiger partial charge in [-0.15, -0.1) is 5.10 Å². The zero-order valence-electron chi connectivity index (χ0n) is 13.7. The zero-order chi connectivity index (χ0) is 18.4. The molecule has 10 heteroatoms. The summed E-state index contributed by atoms with van der Waals surface area (Å²) < 4.78 is 30.6. The van der Waals surface area contributed by atoms with Gasteiger partial charge in [0.05, 0.1) is 5.69 Å². The summed E-state index contributed by atoms with van der Waals surface area (Å²) in [5.41, 5.74) is 7.42. The minimum atomic E-state index is -0.410. The third kappa shape index (κ3) is 2.54. The van der Waals surface area contributed by atoms with E-state index in [4.69, 9.17) is 19.7 Å². The molecule has 0 atom stereocenters. The molecule has 2 aromatic carbocycles. The van der Waals surface area contributed by atoms with Crippen molar-refractivity contribution in [1.29, 1.82) is 0 Å². The van der Waals surface area contributed by atoms with Gasteiger partial charge in [-0.05, 0) is 36.4 Å². The van der Waals surface area contributed by atoms with Gasteiger partial charge in [0.15, 0.2) is 23.0 Å². The van der Waals surface area contributed by atoms with Crippen LogP contribution < -0.4 is 15.2 Å². The summed E-state index contributed by atoms with van der Waals surface area (Å²) in [5, 5.41) is 11.9. The fourth-order valence-electron chi connectivity index (χ4n) is 2.71. The number of hydrogen-bond acceptors (Lipinski definition) is 8. The Hall–Kier alpha value is -3.95. The molecule has 9 nitrogen and oxygen atoms in total. The lowest BCUT2D eigenvalue weighted by Gasteiger charge is -2.02. The number of benzene rings is 2. The molecule has 0 fully saturated rings. The van der Waals surface area contributed by atoms with Crippen molar-refractivity contribution in [1.82, 2.24) is 25.1 Å². The summed E-state index contributed by atoms with van der Waals surface area (Å²) in [4.78, 5) is 4.32. The lowest BCUT2D eigenvalue weighted by Crippen LogP contribution is -2.02. The van der Waals surface area contributed by atoms with Crippen LogP contribution in [0.2, 0.25) is 0 Å². The predicted molar refractivity (Wildman–Crippen MR) is 90.6 cm³/mol. The van der Waals surface area contributed by atoms with Gasteiger partial charge in [-0.2, -0.15) is 9.67 Å². The summed E-state index contributed by atoms with van der Waals surface area (Å²) in [6.07, 6.45) is 0. The molecule has 0 saturated carbocycles. The van der Waals surface area contributed by atoms with Crippen LogP contribution >= 0.6 is 0 Å². The number of fused-ring (bicyclic) bond motifs is 1. The quantitative estimate of drug-likeness (QED) is 0.588. The summed E-state index contributed by atoms with van der Waals surface area (Å²) in [5.74, 6) is 1.44. The van der Waals surface area contributed by atoms with Crippen LogP contribution in [0.5, 0.6) is 11.5 Å². The molecule has 134 valence electrons. The van der Waals surface area contributed by atoms with Crippen LogP contribution in [-0.2, 0) is 0 Å². The second-order valence-corrected chi connectivity index (χ2v) is 5.71. The number of rotatable bonds is 3. The molecule has 5 rings (SSSR count). The van der Waals surface area contributed by atoms with E-state index in [2.05, 4.69) is 20.5 Å². The van der Waals surface area contributed by atoms with Crippen molar-refractivity contribution in [3.05, 3.63) is 48.3 Å². The average molecular weight is 366 g/mol. The molecule has 0 aliphatic carbocycles. The van der Waals surface area contributed by atoms with Crippen LogP contribution in [0.4, 0.5) is 10.2 Å². The van der Waals surface area contributed by atoms with Crippen LogP contribution in [0.25, 0.3) is 28.7 Å². The van der Waals surface area contributed by atoms with Gasteiger partial charge in [0, 0.05) is 5.56 Å². The molecule has 1 aliphatic heterocycles. The number of anilines is 1. The van der Waals surface area contributed by atoms with E-state index in [1.54, 1.807) is 30.3 Å². The number of halogens is 1. The van der Waals surface area contributed by atoms with E-state index in [9.17, 15) is 4.39 Å². The first-order valence-corrected chi connectivity index (χ1v) is 7.90. The Morgan fingerprint density at radius 1 is 1.07 bits per heavy atom. The van der Waals surface area contributed by atoms with Crippen molar-refractivity contribution in [3.8, 4) is 40.2 Å². The first kappa shape index (κ1) is 15.3. The number of hydrogen-bond donors (Lipinski definition) is 1. The first-order valence-electron chi connectivity index (χ1n) is 7.90. The van der Waals surface area contributed by atoms with E-state index >= 15 is 0 Å². The Kier molecular flexibility index (Phi) is 3.29. The van der Waals surface area contributed by atoms with Crippen LogP contribution in [0.15, 0.2) is 47.0 Å². The largest absolute Gasteiger partial charge is 0.454 e. The minimum Gasteiger partial charge on any atom is -0.454 e. The van der Waals surface area contributed by atoms with E-state index in [0.717, 1.165) is 0 Å². The minimum absolute atomic E-state index is 0.0998. The molecule has 27 heavy (non-hydrogen) atoms. The molecule has 0 spiro atoms. The highest BCUT2D eigenvalue weighted by atomic mass is 19.1. The third-order valence-electron chi connectivity index (χ3n) is 4.02. The highest BCUT2D eigenvalue weighted by Gasteiger charge is 2.21. The molecular weight excluding hydrogens is 355 g/mol. The molecule has 2 N–H and O–H groups in total. The van der Waals surface area contributed by atoms with Crippen molar-refractivity contribution in [2.45, 2.75) is 0 Å². The highest BCUT2D eigenvalue weighted by Crippen LogP contribution is 2.35. The molecular formula is C17H11FN6O3. The molecule has 0 saturated heterocycles. The normalized spacial score (nSPS) is 12.5.